The zero-order valence-electron chi connectivity index (χ0n) is 22.0. The first kappa shape index (κ1) is 26.5. The topological polar surface area (TPSA) is 133 Å². The Balaban J connectivity index is 1.43. The summed E-state index contributed by atoms with van der Waals surface area (Å²) < 4.78 is 0.920. The van der Waals surface area contributed by atoms with E-state index in [4.69, 9.17) is 0 Å². The summed E-state index contributed by atoms with van der Waals surface area (Å²) >= 11 is 1.40. The number of hydrogen-bond acceptors (Lipinski definition) is 8. The zero-order chi connectivity index (χ0) is 27.4. The summed E-state index contributed by atoms with van der Waals surface area (Å²) in [6, 6.07) is 9.46. The molecule has 4 aromatic rings. The van der Waals surface area contributed by atoms with Crippen LogP contribution in [0.1, 0.15) is 39.5 Å². The number of carbonyl (C=O) groups is 2. The van der Waals surface area contributed by atoms with Gasteiger partial charge < -0.3 is 15.3 Å². The van der Waals surface area contributed by atoms with Crippen molar-refractivity contribution in [3.05, 3.63) is 48.9 Å². The van der Waals surface area contributed by atoms with Gasteiger partial charge in [-0.3, -0.25) is 15.1 Å². The highest BCUT2D eigenvalue weighted by Crippen LogP contribution is 2.39. The normalized spacial score (nSPS) is 14.8. The minimum Gasteiger partial charge on any atom is -0.481 e. The third-order valence-corrected chi connectivity index (χ3v) is 8.17. The number of amides is 2. The van der Waals surface area contributed by atoms with E-state index in [1.54, 1.807) is 18.6 Å². The Morgan fingerprint density at radius 3 is 2.49 bits per heavy atom. The number of rotatable bonds is 8. The number of nitrogens with one attached hydrogen (secondary N) is 2. The molecule has 10 nitrogen and oxygen atoms in total. The van der Waals surface area contributed by atoms with Crippen molar-refractivity contribution in [2.45, 2.75) is 39.5 Å². The summed E-state index contributed by atoms with van der Waals surface area (Å²) in [5.41, 5.74) is 3.51. The molecule has 11 heteroatoms. The van der Waals surface area contributed by atoms with E-state index < -0.39 is 11.4 Å². The van der Waals surface area contributed by atoms with Crippen LogP contribution in [0.2, 0.25) is 0 Å². The quantitative estimate of drug-likeness (QED) is 0.267. The van der Waals surface area contributed by atoms with Crippen LogP contribution in [-0.4, -0.2) is 56.7 Å². The Kier molecular flexibility index (Phi) is 7.69. The van der Waals surface area contributed by atoms with Crippen LogP contribution in [0.5, 0.6) is 0 Å². The first-order valence-corrected chi connectivity index (χ1v) is 14.0. The van der Waals surface area contributed by atoms with Gasteiger partial charge in [0.2, 0.25) is 5.95 Å². The third kappa shape index (κ3) is 5.53. The summed E-state index contributed by atoms with van der Waals surface area (Å²) in [5.74, 6) is -0.104. The summed E-state index contributed by atoms with van der Waals surface area (Å²) in [6.45, 7) is 5.63. The lowest BCUT2D eigenvalue weighted by atomic mass is 9.75. The van der Waals surface area contributed by atoms with Gasteiger partial charge in [-0.2, -0.15) is 0 Å². The second-order valence-electron chi connectivity index (χ2n) is 9.68. The predicted octanol–water partition coefficient (Wildman–Crippen LogP) is 5.43. The van der Waals surface area contributed by atoms with Crippen molar-refractivity contribution in [1.82, 2.24) is 25.3 Å². The molecule has 1 saturated heterocycles. The second kappa shape index (κ2) is 11.3. The van der Waals surface area contributed by atoms with Crippen LogP contribution in [0.15, 0.2) is 48.9 Å². The average Bonchev–Trinajstić information content (AvgIpc) is 3.36. The highest BCUT2D eigenvalue weighted by atomic mass is 32.1. The molecule has 1 aromatic carbocycles. The van der Waals surface area contributed by atoms with Crippen LogP contribution in [0.3, 0.4) is 0 Å². The van der Waals surface area contributed by atoms with Gasteiger partial charge in [0.15, 0.2) is 5.13 Å². The van der Waals surface area contributed by atoms with Gasteiger partial charge in [-0.05, 0) is 56.0 Å². The Labute approximate surface area is 230 Å². The van der Waals surface area contributed by atoms with Crippen molar-refractivity contribution in [3.8, 4) is 22.4 Å². The lowest BCUT2D eigenvalue weighted by Crippen LogP contribution is -2.45. The van der Waals surface area contributed by atoms with Gasteiger partial charge in [-0.15, -0.1) is 0 Å². The van der Waals surface area contributed by atoms with Gasteiger partial charge in [0.25, 0.3) is 0 Å². The Bertz CT molecular complexity index is 1470. The molecule has 0 aliphatic carbocycles. The number of fused-ring (bicyclic) bond motifs is 1. The molecule has 1 fully saturated rings. The molecule has 0 spiro atoms. The lowest BCUT2D eigenvalue weighted by molar-refractivity contribution is -0.150. The number of carboxylic acid groups (broad SMARTS) is 1. The number of thiazole rings is 1. The van der Waals surface area contributed by atoms with E-state index in [0.717, 1.165) is 39.0 Å². The van der Waals surface area contributed by atoms with E-state index in [-0.39, 0.29) is 6.03 Å². The van der Waals surface area contributed by atoms with Crippen LogP contribution in [0.4, 0.5) is 15.9 Å². The molecule has 0 bridgehead atoms. The number of carbonyl (C=O) groups excluding carboxylic acids is 1. The van der Waals surface area contributed by atoms with Gasteiger partial charge >= 0.3 is 12.0 Å². The molecule has 0 unspecified atom stereocenters. The van der Waals surface area contributed by atoms with Gasteiger partial charge in [0.05, 0.1) is 21.3 Å². The van der Waals surface area contributed by atoms with Gasteiger partial charge in [-0.1, -0.05) is 30.7 Å². The number of anilines is 2. The maximum atomic E-state index is 12.1. The predicted molar refractivity (Wildman–Crippen MR) is 153 cm³/mol. The molecule has 3 N–H and O–H groups in total. The van der Waals surface area contributed by atoms with E-state index in [2.05, 4.69) is 35.5 Å². The number of hydrogen-bond donors (Lipinski definition) is 3. The average molecular weight is 546 g/mol. The molecule has 2 amide bonds. The number of carboxylic acids is 1. The maximum Gasteiger partial charge on any atom is 0.321 e. The first-order valence-electron chi connectivity index (χ1n) is 13.1. The standard InChI is InChI=1S/C28H31N7O3S/c1-3-8-28(24(36)37)9-12-35(13-10-28)25-31-16-19(17-32-25)18-14-20(21-7-5-6-11-30-21)23-22(15-18)33-27(39-23)34-26(38)29-4-2/h5-7,11,14-17H,3-4,8-10,12-13H2,1-2H3,(H,36,37)(H2,29,33,34,38). The highest BCUT2D eigenvalue weighted by molar-refractivity contribution is 7.22. The minimum absolute atomic E-state index is 0.298. The largest absolute Gasteiger partial charge is 0.481 e. The number of piperidine rings is 1. The summed E-state index contributed by atoms with van der Waals surface area (Å²) in [5, 5.41) is 15.8. The summed E-state index contributed by atoms with van der Waals surface area (Å²) in [4.78, 5) is 44.5. The summed E-state index contributed by atoms with van der Waals surface area (Å²) in [6.07, 6.45) is 8.04. The van der Waals surface area contributed by atoms with Crippen molar-refractivity contribution in [2.75, 3.05) is 29.9 Å². The van der Waals surface area contributed by atoms with E-state index in [0.29, 0.717) is 50.0 Å². The molecule has 202 valence electrons. The van der Waals surface area contributed by atoms with E-state index in [1.165, 1.54) is 11.3 Å². The molecule has 1 aliphatic heterocycles. The number of benzene rings is 1. The van der Waals surface area contributed by atoms with Crippen molar-refractivity contribution >= 4 is 44.6 Å². The fourth-order valence-electron chi connectivity index (χ4n) is 5.08. The lowest BCUT2D eigenvalue weighted by Gasteiger charge is -2.38. The van der Waals surface area contributed by atoms with Gasteiger partial charge in [0, 0.05) is 49.4 Å². The number of aromatic nitrogens is 4. The molecule has 0 atom stereocenters. The van der Waals surface area contributed by atoms with E-state index in [1.807, 2.05) is 44.2 Å². The molecule has 4 heterocycles. The number of aliphatic carboxylic acids is 1. The smallest absolute Gasteiger partial charge is 0.321 e. The van der Waals surface area contributed by atoms with Crippen molar-refractivity contribution < 1.29 is 14.7 Å². The minimum atomic E-state index is -0.703. The molecule has 1 aliphatic rings. The Morgan fingerprint density at radius 2 is 1.85 bits per heavy atom. The van der Waals surface area contributed by atoms with Crippen LogP contribution in [0.25, 0.3) is 32.6 Å². The SMILES string of the molecule is CCCC1(C(=O)O)CCN(c2ncc(-c3cc(-c4ccccn4)c4sc(NC(=O)NCC)nc4c3)cn2)CC1. The number of urea groups is 1. The van der Waals surface area contributed by atoms with Crippen LogP contribution < -0.4 is 15.5 Å². The fourth-order valence-corrected chi connectivity index (χ4v) is 6.05. The summed E-state index contributed by atoms with van der Waals surface area (Å²) in [7, 11) is 0. The Morgan fingerprint density at radius 1 is 1.08 bits per heavy atom. The molecule has 5 rings (SSSR count). The first-order chi connectivity index (χ1) is 18.9. The number of pyridine rings is 1. The van der Waals surface area contributed by atoms with Crippen molar-refractivity contribution in [2.24, 2.45) is 5.41 Å². The van der Waals surface area contributed by atoms with E-state index in [9.17, 15) is 14.7 Å². The van der Waals surface area contributed by atoms with Crippen LogP contribution >= 0.6 is 11.3 Å². The van der Waals surface area contributed by atoms with Crippen LogP contribution in [-0.2, 0) is 4.79 Å². The van der Waals surface area contributed by atoms with Crippen molar-refractivity contribution in [3.63, 3.8) is 0 Å². The monoisotopic (exact) mass is 545 g/mol. The van der Waals surface area contributed by atoms with E-state index >= 15 is 0 Å². The molecular formula is C28H31N7O3S. The maximum absolute atomic E-state index is 12.1. The van der Waals surface area contributed by atoms with Gasteiger partial charge in [-0.25, -0.2) is 19.7 Å². The third-order valence-electron chi connectivity index (χ3n) is 7.15. The number of nitrogens with zero attached hydrogens (tertiary/aromatic N) is 5. The van der Waals surface area contributed by atoms with Crippen LogP contribution in [0, 0.1) is 5.41 Å². The fraction of sp³-hybridized carbons (Fsp3) is 0.357. The highest BCUT2D eigenvalue weighted by Gasteiger charge is 2.41. The Hall–Kier alpha value is -4.12. The molecule has 0 saturated carbocycles. The molecule has 3 aromatic heterocycles. The molecule has 39 heavy (non-hydrogen) atoms. The molecular weight excluding hydrogens is 514 g/mol. The molecule has 0 radical (unpaired) electrons. The van der Waals surface area contributed by atoms with Crippen molar-refractivity contribution in [1.29, 1.82) is 0 Å². The van der Waals surface area contributed by atoms with Gasteiger partial charge in [0.1, 0.15) is 0 Å². The second-order valence-corrected chi connectivity index (χ2v) is 10.7. The zero-order valence-corrected chi connectivity index (χ0v) is 22.8.